The Morgan fingerprint density at radius 2 is 1.94 bits per heavy atom. The summed E-state index contributed by atoms with van der Waals surface area (Å²) in [5, 5.41) is 10.1. The quantitative estimate of drug-likeness (QED) is 0.475. The van der Waals surface area contributed by atoms with Crippen LogP contribution in [0.25, 0.3) is 11.1 Å². The second-order valence-electron chi connectivity index (χ2n) is 9.77. The van der Waals surface area contributed by atoms with Gasteiger partial charge in [0.1, 0.15) is 0 Å². The largest absolute Gasteiger partial charge is 0.478 e. The van der Waals surface area contributed by atoms with Gasteiger partial charge in [0, 0.05) is 43.5 Å². The van der Waals surface area contributed by atoms with Gasteiger partial charge in [0.25, 0.3) is 15.2 Å². The molecule has 1 saturated heterocycles. The smallest absolute Gasteiger partial charge is 0.278 e. The summed E-state index contributed by atoms with van der Waals surface area (Å²) in [7, 11) is -1.65. The van der Waals surface area contributed by atoms with Gasteiger partial charge >= 0.3 is 0 Å². The molecule has 190 valence electrons. The topological polar surface area (TPSA) is 116 Å². The molecule has 0 unspecified atom stereocenters. The molecule has 2 aromatic heterocycles. The fourth-order valence-corrected chi connectivity index (χ4v) is 6.85. The summed E-state index contributed by atoms with van der Waals surface area (Å²) in [4.78, 5) is 11.1. The van der Waals surface area contributed by atoms with Crippen molar-refractivity contribution >= 4 is 21.7 Å². The molecule has 1 aliphatic carbocycles. The molecule has 11 heteroatoms. The minimum Gasteiger partial charge on any atom is -0.478 e. The number of hydrogen-bond donors (Lipinski definition) is 2. The van der Waals surface area contributed by atoms with Crippen molar-refractivity contribution in [2.75, 3.05) is 38.6 Å². The molecule has 0 spiro atoms. The van der Waals surface area contributed by atoms with Gasteiger partial charge in [-0.25, -0.2) is 18.5 Å². The molecule has 1 aromatic carbocycles. The van der Waals surface area contributed by atoms with Crippen molar-refractivity contribution in [2.24, 2.45) is 0 Å². The van der Waals surface area contributed by atoms with Gasteiger partial charge in [-0.15, -0.1) is 5.10 Å². The Kier molecular flexibility index (Phi) is 6.14. The van der Waals surface area contributed by atoms with Crippen molar-refractivity contribution in [1.82, 2.24) is 29.4 Å². The normalized spacial score (nSPS) is 23.9. The number of aromatic amines is 1. The standard InChI is InChI=1S/C25H31N7O3S/c1-31-12-3-15-35-22-16-18(8-11-26-22)21-7-6-17-4-2-5-20(17)23(21)27-24-28-25(30-29-24)36(33,34)32-13-9-19(31)10-14-32/h6-8,11,16,19H,2-5,9-10,12-15H2,1H3,(H2,27,28,29,30). The number of sulfonamides is 1. The first-order valence-electron chi connectivity index (χ1n) is 12.6. The number of piperidine rings is 1. The summed E-state index contributed by atoms with van der Waals surface area (Å²) in [5.74, 6) is 0.840. The first kappa shape index (κ1) is 23.4. The van der Waals surface area contributed by atoms with Crippen LogP contribution in [0, 0.1) is 0 Å². The van der Waals surface area contributed by atoms with E-state index in [-0.39, 0.29) is 11.1 Å². The number of anilines is 2. The molecule has 2 N–H and O–H groups in total. The van der Waals surface area contributed by atoms with E-state index >= 15 is 0 Å². The molecule has 3 aliphatic heterocycles. The molecule has 1 fully saturated rings. The molecule has 7 rings (SSSR count). The van der Waals surface area contributed by atoms with Crippen molar-refractivity contribution in [2.45, 2.75) is 49.7 Å². The summed E-state index contributed by atoms with van der Waals surface area (Å²) in [5.41, 5.74) is 5.37. The number of benzene rings is 1. The van der Waals surface area contributed by atoms with Crippen LogP contribution < -0.4 is 10.1 Å². The average molecular weight is 510 g/mol. The van der Waals surface area contributed by atoms with E-state index in [1.807, 2.05) is 12.1 Å². The number of pyridine rings is 1. The number of fused-ring (bicyclic) bond motifs is 7. The van der Waals surface area contributed by atoms with Crippen LogP contribution in [-0.2, 0) is 22.9 Å². The number of nitrogens with zero attached hydrogens (tertiary/aromatic N) is 5. The van der Waals surface area contributed by atoms with Crippen LogP contribution in [0.3, 0.4) is 0 Å². The first-order chi connectivity index (χ1) is 17.5. The summed E-state index contributed by atoms with van der Waals surface area (Å²) in [6.07, 6.45) is 7.23. The third-order valence-electron chi connectivity index (χ3n) is 7.57. The van der Waals surface area contributed by atoms with Crippen LogP contribution in [0.1, 0.15) is 36.8 Å². The highest BCUT2D eigenvalue weighted by Crippen LogP contribution is 2.39. The SMILES string of the molecule is CN1CCCOc2cc(ccn2)-c2ccc3c(c2Nc2n[nH]c(n2)S(=O)(=O)N2CCC1CC2)CCC3. The maximum absolute atomic E-state index is 13.3. The van der Waals surface area contributed by atoms with Crippen molar-refractivity contribution in [3.05, 3.63) is 41.6 Å². The molecule has 10 nitrogen and oxygen atoms in total. The van der Waals surface area contributed by atoms with Crippen LogP contribution in [0.15, 0.2) is 35.6 Å². The Balaban J connectivity index is 1.41. The monoisotopic (exact) mass is 509 g/mol. The van der Waals surface area contributed by atoms with Gasteiger partial charge in [-0.3, -0.25) is 0 Å². The Labute approximate surface area is 211 Å². The van der Waals surface area contributed by atoms with E-state index in [9.17, 15) is 8.42 Å². The number of H-pyrrole nitrogens is 1. The Morgan fingerprint density at radius 3 is 2.81 bits per heavy atom. The molecule has 0 saturated carbocycles. The van der Waals surface area contributed by atoms with Gasteiger partial charge in [0.05, 0.1) is 12.3 Å². The minimum absolute atomic E-state index is 0.122. The van der Waals surface area contributed by atoms with E-state index in [0.29, 0.717) is 31.6 Å². The molecular formula is C25H31N7O3S. The van der Waals surface area contributed by atoms with Gasteiger partial charge in [-0.2, -0.15) is 9.29 Å². The molecule has 0 radical (unpaired) electrons. The third kappa shape index (κ3) is 4.35. The fourth-order valence-electron chi connectivity index (χ4n) is 5.55. The molecule has 4 aliphatic rings. The van der Waals surface area contributed by atoms with E-state index < -0.39 is 10.0 Å². The van der Waals surface area contributed by atoms with Crippen molar-refractivity contribution in [3.63, 3.8) is 0 Å². The number of aryl methyl sites for hydroxylation is 1. The number of nitrogens with one attached hydrogen (secondary N) is 2. The van der Waals surface area contributed by atoms with Gasteiger partial charge in [-0.1, -0.05) is 12.1 Å². The summed E-state index contributed by atoms with van der Waals surface area (Å²) < 4.78 is 34.2. The van der Waals surface area contributed by atoms with Crippen molar-refractivity contribution < 1.29 is 13.2 Å². The van der Waals surface area contributed by atoms with E-state index in [2.05, 4.69) is 49.6 Å². The predicted octanol–water partition coefficient (Wildman–Crippen LogP) is 2.97. The number of aromatic nitrogens is 4. The van der Waals surface area contributed by atoms with Crippen LogP contribution >= 0.6 is 0 Å². The van der Waals surface area contributed by atoms with Crippen LogP contribution in [0.2, 0.25) is 0 Å². The van der Waals surface area contributed by atoms with E-state index in [1.165, 1.54) is 15.4 Å². The highest BCUT2D eigenvalue weighted by molar-refractivity contribution is 7.88. The summed E-state index contributed by atoms with van der Waals surface area (Å²) in [6.45, 7) is 2.37. The number of hydrogen-bond acceptors (Lipinski definition) is 8. The highest BCUT2D eigenvalue weighted by atomic mass is 32.2. The average Bonchev–Trinajstić information content (AvgIpc) is 3.57. The lowest BCUT2D eigenvalue weighted by molar-refractivity contribution is 0.157. The van der Waals surface area contributed by atoms with E-state index in [1.54, 1.807) is 6.20 Å². The third-order valence-corrected chi connectivity index (χ3v) is 9.28. The van der Waals surface area contributed by atoms with E-state index in [0.717, 1.165) is 61.9 Å². The number of rotatable bonds is 0. The van der Waals surface area contributed by atoms with Gasteiger partial charge in [0.15, 0.2) is 0 Å². The lowest BCUT2D eigenvalue weighted by Crippen LogP contribution is -2.46. The Bertz CT molecular complexity index is 1370. The molecule has 36 heavy (non-hydrogen) atoms. The van der Waals surface area contributed by atoms with Crippen molar-refractivity contribution in [3.8, 4) is 17.0 Å². The highest BCUT2D eigenvalue weighted by Gasteiger charge is 2.33. The lowest BCUT2D eigenvalue weighted by Gasteiger charge is -2.35. The van der Waals surface area contributed by atoms with Gasteiger partial charge < -0.3 is 15.0 Å². The summed E-state index contributed by atoms with van der Waals surface area (Å²) in [6, 6.07) is 8.53. The van der Waals surface area contributed by atoms with E-state index in [4.69, 9.17) is 4.74 Å². The zero-order valence-corrected chi connectivity index (χ0v) is 21.2. The first-order valence-corrected chi connectivity index (χ1v) is 14.1. The second kappa shape index (κ2) is 9.45. The van der Waals surface area contributed by atoms with Crippen molar-refractivity contribution in [1.29, 1.82) is 0 Å². The molecule has 0 amide bonds. The Morgan fingerprint density at radius 1 is 1.08 bits per heavy atom. The molecule has 3 aromatic rings. The van der Waals surface area contributed by atoms with Crippen LogP contribution in [0.5, 0.6) is 5.88 Å². The maximum atomic E-state index is 13.3. The van der Waals surface area contributed by atoms with Gasteiger partial charge in [0.2, 0.25) is 11.8 Å². The van der Waals surface area contributed by atoms with Crippen LogP contribution in [-0.4, -0.2) is 77.1 Å². The number of ether oxygens (including phenoxy) is 1. The second-order valence-corrected chi connectivity index (χ2v) is 11.6. The fraction of sp³-hybridized carbons (Fsp3) is 0.480. The molecule has 0 atom stereocenters. The summed E-state index contributed by atoms with van der Waals surface area (Å²) >= 11 is 0. The minimum atomic E-state index is -3.75. The molecular weight excluding hydrogens is 478 g/mol. The maximum Gasteiger partial charge on any atom is 0.278 e. The Hall–Kier alpha value is -3.02. The lowest BCUT2D eigenvalue weighted by atomic mass is 9.98. The van der Waals surface area contributed by atoms with Gasteiger partial charge in [-0.05, 0) is 68.3 Å². The molecule has 5 heterocycles. The molecule has 6 bridgehead atoms. The zero-order chi connectivity index (χ0) is 24.7. The van der Waals surface area contributed by atoms with Crippen LogP contribution in [0.4, 0.5) is 11.6 Å². The predicted molar refractivity (Wildman–Crippen MR) is 136 cm³/mol. The zero-order valence-electron chi connectivity index (χ0n) is 20.4.